The van der Waals surface area contributed by atoms with E-state index in [0.717, 1.165) is 24.8 Å². The molecule has 0 bridgehead atoms. The molecule has 0 unspecified atom stereocenters. The van der Waals surface area contributed by atoms with E-state index in [0.29, 0.717) is 11.5 Å². The van der Waals surface area contributed by atoms with Crippen LogP contribution in [-0.2, 0) is 0 Å². The molecule has 3 heteroatoms. The summed E-state index contributed by atoms with van der Waals surface area (Å²) in [6.07, 6.45) is 2.58. The molecule has 0 aliphatic heterocycles. The van der Waals surface area contributed by atoms with Gasteiger partial charge in [0.15, 0.2) is 0 Å². The molecule has 1 fully saturated rings. The van der Waals surface area contributed by atoms with E-state index >= 15 is 0 Å². The summed E-state index contributed by atoms with van der Waals surface area (Å²) in [5.41, 5.74) is 0.0116. The summed E-state index contributed by atoms with van der Waals surface area (Å²) in [5, 5.41) is 9.89. The van der Waals surface area contributed by atoms with Crippen molar-refractivity contribution in [3.63, 3.8) is 0 Å². The SMILES string of the molecule is COc1cc(C#CC2(O)CCC2)cc(OC)c1. The lowest BCUT2D eigenvalue weighted by molar-refractivity contribution is 0.0240. The molecule has 0 amide bonds. The second kappa shape index (κ2) is 4.68. The summed E-state index contributed by atoms with van der Waals surface area (Å²) in [6.45, 7) is 0. The normalized spacial score (nSPS) is 16.4. The molecule has 2 rings (SSSR count). The van der Waals surface area contributed by atoms with E-state index in [1.54, 1.807) is 20.3 Å². The molecule has 0 saturated heterocycles. The molecule has 0 spiro atoms. The zero-order chi connectivity index (χ0) is 12.3. The fraction of sp³-hybridized carbons (Fsp3) is 0.429. The molecule has 0 radical (unpaired) electrons. The molecule has 90 valence electrons. The van der Waals surface area contributed by atoms with Crippen molar-refractivity contribution in [2.24, 2.45) is 0 Å². The van der Waals surface area contributed by atoms with Crippen LogP contribution >= 0.6 is 0 Å². The largest absolute Gasteiger partial charge is 0.497 e. The van der Waals surface area contributed by atoms with Crippen LogP contribution in [0.3, 0.4) is 0 Å². The van der Waals surface area contributed by atoms with Crippen molar-refractivity contribution < 1.29 is 14.6 Å². The minimum atomic E-state index is -0.781. The van der Waals surface area contributed by atoms with Crippen molar-refractivity contribution in [3.8, 4) is 23.3 Å². The number of hydrogen-bond donors (Lipinski definition) is 1. The van der Waals surface area contributed by atoms with Gasteiger partial charge in [0.05, 0.1) is 14.2 Å². The summed E-state index contributed by atoms with van der Waals surface area (Å²) in [6, 6.07) is 5.46. The molecule has 1 aromatic rings. The molecule has 0 heterocycles. The van der Waals surface area contributed by atoms with E-state index in [4.69, 9.17) is 9.47 Å². The number of hydrogen-bond acceptors (Lipinski definition) is 3. The van der Waals surface area contributed by atoms with Crippen molar-refractivity contribution in [1.82, 2.24) is 0 Å². The highest BCUT2D eigenvalue weighted by Crippen LogP contribution is 2.31. The Labute approximate surface area is 101 Å². The van der Waals surface area contributed by atoms with Gasteiger partial charge in [-0.25, -0.2) is 0 Å². The molecule has 0 aromatic heterocycles. The predicted octanol–water partition coefficient (Wildman–Crippen LogP) is 1.97. The Bertz CT molecular complexity index is 442. The second-order valence-corrected chi connectivity index (χ2v) is 4.24. The number of benzene rings is 1. The summed E-state index contributed by atoms with van der Waals surface area (Å²) in [4.78, 5) is 0. The lowest BCUT2D eigenvalue weighted by Gasteiger charge is -2.30. The Morgan fingerprint density at radius 1 is 1.12 bits per heavy atom. The Hall–Kier alpha value is -1.66. The quantitative estimate of drug-likeness (QED) is 0.792. The first-order valence-corrected chi connectivity index (χ1v) is 5.64. The van der Waals surface area contributed by atoms with Gasteiger partial charge in [0, 0.05) is 11.6 Å². The first kappa shape index (κ1) is 11.8. The van der Waals surface area contributed by atoms with Crippen LogP contribution in [0.4, 0.5) is 0 Å². The fourth-order valence-electron chi connectivity index (χ4n) is 1.70. The van der Waals surface area contributed by atoms with Gasteiger partial charge in [-0.15, -0.1) is 0 Å². The molecule has 0 atom stereocenters. The fourth-order valence-corrected chi connectivity index (χ4v) is 1.70. The number of methoxy groups -OCH3 is 2. The average Bonchev–Trinajstić information content (AvgIpc) is 2.33. The summed E-state index contributed by atoms with van der Waals surface area (Å²) in [7, 11) is 3.21. The smallest absolute Gasteiger partial charge is 0.125 e. The molecule has 1 aromatic carbocycles. The van der Waals surface area contributed by atoms with Crippen molar-refractivity contribution in [2.75, 3.05) is 14.2 Å². The molecular weight excluding hydrogens is 216 g/mol. The van der Waals surface area contributed by atoms with Gasteiger partial charge < -0.3 is 14.6 Å². The Kier molecular flexibility index (Phi) is 3.26. The molecule has 17 heavy (non-hydrogen) atoms. The first-order chi connectivity index (χ1) is 8.15. The predicted molar refractivity (Wildman–Crippen MR) is 65.2 cm³/mol. The molecule has 1 N–H and O–H groups in total. The van der Waals surface area contributed by atoms with Crippen LogP contribution < -0.4 is 9.47 Å². The zero-order valence-electron chi connectivity index (χ0n) is 10.1. The van der Waals surface area contributed by atoms with Gasteiger partial charge in [0.1, 0.15) is 17.1 Å². The van der Waals surface area contributed by atoms with E-state index in [-0.39, 0.29) is 0 Å². The van der Waals surface area contributed by atoms with Gasteiger partial charge in [-0.1, -0.05) is 11.8 Å². The lowest BCUT2D eigenvalue weighted by Crippen LogP contribution is -2.34. The zero-order valence-corrected chi connectivity index (χ0v) is 10.1. The topological polar surface area (TPSA) is 38.7 Å². The number of aliphatic hydroxyl groups is 1. The van der Waals surface area contributed by atoms with Gasteiger partial charge >= 0.3 is 0 Å². The van der Waals surface area contributed by atoms with Crippen LogP contribution in [0.5, 0.6) is 11.5 Å². The third kappa shape index (κ3) is 2.72. The molecular formula is C14H16O3. The van der Waals surface area contributed by atoms with Crippen LogP contribution in [0.1, 0.15) is 24.8 Å². The maximum atomic E-state index is 9.89. The maximum absolute atomic E-state index is 9.89. The molecule has 3 nitrogen and oxygen atoms in total. The van der Waals surface area contributed by atoms with E-state index in [1.807, 2.05) is 12.1 Å². The Morgan fingerprint density at radius 2 is 1.71 bits per heavy atom. The van der Waals surface area contributed by atoms with E-state index in [1.165, 1.54) is 0 Å². The summed E-state index contributed by atoms with van der Waals surface area (Å²) < 4.78 is 10.3. The van der Waals surface area contributed by atoms with Crippen molar-refractivity contribution >= 4 is 0 Å². The monoisotopic (exact) mass is 232 g/mol. The van der Waals surface area contributed by atoms with Gasteiger partial charge in [0.2, 0.25) is 0 Å². The third-order valence-electron chi connectivity index (χ3n) is 2.97. The Balaban J connectivity index is 2.25. The van der Waals surface area contributed by atoms with E-state index in [9.17, 15) is 5.11 Å². The van der Waals surface area contributed by atoms with Crippen molar-refractivity contribution in [3.05, 3.63) is 23.8 Å². The van der Waals surface area contributed by atoms with Gasteiger partial charge in [-0.05, 0) is 31.4 Å². The number of ether oxygens (including phenoxy) is 2. The highest BCUT2D eigenvalue weighted by atomic mass is 16.5. The first-order valence-electron chi connectivity index (χ1n) is 5.64. The molecule has 1 saturated carbocycles. The highest BCUT2D eigenvalue weighted by molar-refractivity contribution is 5.47. The number of rotatable bonds is 2. The second-order valence-electron chi connectivity index (χ2n) is 4.24. The van der Waals surface area contributed by atoms with Crippen molar-refractivity contribution in [1.29, 1.82) is 0 Å². The van der Waals surface area contributed by atoms with Crippen LogP contribution in [0.15, 0.2) is 18.2 Å². The van der Waals surface area contributed by atoms with Crippen molar-refractivity contribution in [2.45, 2.75) is 24.9 Å². The summed E-state index contributed by atoms with van der Waals surface area (Å²) in [5.74, 6) is 7.29. The highest BCUT2D eigenvalue weighted by Gasteiger charge is 2.32. The average molecular weight is 232 g/mol. The standard InChI is InChI=1S/C14H16O3/c1-16-12-8-11(9-13(10-12)17-2)4-7-14(15)5-3-6-14/h8-10,15H,3,5-6H2,1-2H3. The molecule has 1 aliphatic carbocycles. The maximum Gasteiger partial charge on any atom is 0.125 e. The van der Waals surface area contributed by atoms with E-state index in [2.05, 4.69) is 11.8 Å². The van der Waals surface area contributed by atoms with Crippen LogP contribution in [-0.4, -0.2) is 24.9 Å². The van der Waals surface area contributed by atoms with Gasteiger partial charge in [-0.3, -0.25) is 0 Å². The minimum absolute atomic E-state index is 0.703. The third-order valence-corrected chi connectivity index (χ3v) is 2.97. The van der Waals surface area contributed by atoms with Crippen LogP contribution in [0, 0.1) is 11.8 Å². The van der Waals surface area contributed by atoms with Gasteiger partial charge in [-0.2, -0.15) is 0 Å². The minimum Gasteiger partial charge on any atom is -0.497 e. The lowest BCUT2D eigenvalue weighted by atomic mass is 9.81. The van der Waals surface area contributed by atoms with Crippen LogP contribution in [0.25, 0.3) is 0 Å². The van der Waals surface area contributed by atoms with Crippen LogP contribution in [0.2, 0.25) is 0 Å². The van der Waals surface area contributed by atoms with E-state index < -0.39 is 5.60 Å². The summed E-state index contributed by atoms with van der Waals surface area (Å²) >= 11 is 0. The van der Waals surface area contributed by atoms with Gasteiger partial charge in [0.25, 0.3) is 0 Å². The Morgan fingerprint density at radius 3 is 2.12 bits per heavy atom. The molecule has 1 aliphatic rings.